The fraction of sp³-hybridized carbons (Fsp3) is 0.217. The van der Waals surface area contributed by atoms with Gasteiger partial charge in [-0.2, -0.15) is 18.3 Å². The van der Waals surface area contributed by atoms with E-state index in [0.717, 1.165) is 12.1 Å². The molecule has 1 fully saturated rings. The van der Waals surface area contributed by atoms with E-state index >= 15 is 0 Å². The number of fused-ring (bicyclic) bond motifs is 1. The summed E-state index contributed by atoms with van der Waals surface area (Å²) in [7, 11) is 0. The van der Waals surface area contributed by atoms with E-state index < -0.39 is 23.5 Å². The number of imidazole rings is 1. The van der Waals surface area contributed by atoms with Crippen molar-refractivity contribution in [2.24, 2.45) is 0 Å². The molecule has 0 bridgehead atoms. The fourth-order valence-electron chi connectivity index (χ4n) is 3.92. The zero-order valence-corrected chi connectivity index (χ0v) is 18.1. The summed E-state index contributed by atoms with van der Waals surface area (Å²) in [5.41, 5.74) is -0.177. The minimum absolute atomic E-state index is 0.132. The number of alkyl halides is 3. The van der Waals surface area contributed by atoms with E-state index in [1.807, 2.05) is 4.90 Å². The maximum atomic E-state index is 13.6. The second kappa shape index (κ2) is 8.95. The molecule has 0 spiro atoms. The Bertz CT molecular complexity index is 1380. The quantitative estimate of drug-likeness (QED) is 0.419. The van der Waals surface area contributed by atoms with Gasteiger partial charge in [0.05, 0.1) is 29.9 Å². The molecule has 8 nitrogen and oxygen atoms in total. The van der Waals surface area contributed by atoms with Crippen LogP contribution in [0.5, 0.6) is 0 Å². The molecule has 2 N–H and O–H groups in total. The number of hydrogen-bond acceptors (Lipinski definition) is 6. The monoisotopic (exact) mass is 486 g/mol. The first-order chi connectivity index (χ1) is 16.8. The molecule has 35 heavy (non-hydrogen) atoms. The molecule has 5 rings (SSSR count). The minimum Gasteiger partial charge on any atom is -0.378 e. The number of benzene rings is 2. The summed E-state index contributed by atoms with van der Waals surface area (Å²) < 4.78 is 59.9. The topological polar surface area (TPSA) is 96.0 Å². The average Bonchev–Trinajstić information content (AvgIpc) is 3.28. The Morgan fingerprint density at radius 1 is 1.11 bits per heavy atom. The predicted octanol–water partition coefficient (Wildman–Crippen LogP) is 4.27. The van der Waals surface area contributed by atoms with Gasteiger partial charge in [-0.15, -0.1) is 5.10 Å². The molecule has 0 radical (unpaired) electrons. The molecule has 0 saturated carbocycles. The highest BCUT2D eigenvalue weighted by Gasteiger charge is 2.35. The van der Waals surface area contributed by atoms with Gasteiger partial charge in [-0.3, -0.25) is 4.79 Å². The van der Waals surface area contributed by atoms with Crippen molar-refractivity contribution in [3.05, 3.63) is 65.6 Å². The number of morpholine rings is 1. The third-order valence-corrected chi connectivity index (χ3v) is 5.55. The molecule has 4 aromatic rings. The number of nitrogens with one attached hydrogen (secondary N) is 2. The van der Waals surface area contributed by atoms with Gasteiger partial charge in [0.25, 0.3) is 5.91 Å². The number of anilines is 2. The normalized spacial score (nSPS) is 14.3. The van der Waals surface area contributed by atoms with E-state index in [0.29, 0.717) is 43.6 Å². The van der Waals surface area contributed by atoms with E-state index in [1.54, 1.807) is 24.3 Å². The van der Waals surface area contributed by atoms with Crippen LogP contribution in [0, 0.1) is 5.82 Å². The molecule has 3 heterocycles. The van der Waals surface area contributed by atoms with Crippen LogP contribution < -0.4 is 10.2 Å². The zero-order chi connectivity index (χ0) is 24.6. The van der Waals surface area contributed by atoms with Crippen molar-refractivity contribution < 1.29 is 27.1 Å². The minimum atomic E-state index is -4.80. The first-order valence-corrected chi connectivity index (χ1v) is 10.6. The van der Waals surface area contributed by atoms with E-state index in [-0.39, 0.29) is 28.3 Å². The van der Waals surface area contributed by atoms with Crippen LogP contribution in [0.3, 0.4) is 0 Å². The highest BCUT2D eigenvalue weighted by atomic mass is 19.4. The molecule has 0 atom stereocenters. The first kappa shape index (κ1) is 22.7. The van der Waals surface area contributed by atoms with Gasteiger partial charge in [-0.25, -0.2) is 9.37 Å². The van der Waals surface area contributed by atoms with Gasteiger partial charge in [0.2, 0.25) is 0 Å². The summed E-state index contributed by atoms with van der Waals surface area (Å²) in [5.74, 6) is -1.51. The summed E-state index contributed by atoms with van der Waals surface area (Å²) in [6, 6.07) is 8.85. The molecule has 1 aliphatic rings. The van der Waals surface area contributed by atoms with E-state index in [2.05, 4.69) is 25.5 Å². The fourth-order valence-corrected chi connectivity index (χ4v) is 3.92. The number of carbonyl (C=O) groups is 1. The number of hydrogen-bond donors (Lipinski definition) is 2. The molecule has 1 saturated heterocycles. The van der Waals surface area contributed by atoms with Gasteiger partial charge < -0.3 is 19.9 Å². The predicted molar refractivity (Wildman–Crippen MR) is 120 cm³/mol. The van der Waals surface area contributed by atoms with Crippen LogP contribution in [-0.2, 0) is 10.9 Å². The number of H-pyrrole nitrogens is 1. The SMILES string of the molecule is O=C(Nc1cccnn1)c1cc(N2CCOCC2)cc2[nH]c(-c3ccc(F)cc3C(F)(F)F)nc12. The lowest BCUT2D eigenvalue weighted by Gasteiger charge is -2.29. The van der Waals surface area contributed by atoms with Gasteiger partial charge in [-0.05, 0) is 42.5 Å². The Balaban J connectivity index is 1.64. The Hall–Kier alpha value is -4.06. The highest BCUT2D eigenvalue weighted by molar-refractivity contribution is 6.12. The van der Waals surface area contributed by atoms with Crippen molar-refractivity contribution >= 4 is 28.4 Å². The smallest absolute Gasteiger partial charge is 0.378 e. The third-order valence-electron chi connectivity index (χ3n) is 5.55. The van der Waals surface area contributed by atoms with Crippen LogP contribution in [0.1, 0.15) is 15.9 Å². The van der Waals surface area contributed by atoms with Crippen LogP contribution in [0.25, 0.3) is 22.4 Å². The average molecular weight is 486 g/mol. The lowest BCUT2D eigenvalue weighted by atomic mass is 10.1. The number of amides is 1. The maximum Gasteiger partial charge on any atom is 0.417 e. The molecule has 180 valence electrons. The first-order valence-electron chi connectivity index (χ1n) is 10.6. The number of rotatable bonds is 4. The molecule has 0 unspecified atom stereocenters. The second-order valence-corrected chi connectivity index (χ2v) is 7.83. The van der Waals surface area contributed by atoms with Crippen LogP contribution in [-0.4, -0.2) is 52.4 Å². The van der Waals surface area contributed by atoms with E-state index in [4.69, 9.17) is 4.74 Å². The second-order valence-electron chi connectivity index (χ2n) is 7.83. The Kier molecular flexibility index (Phi) is 5.81. The Morgan fingerprint density at radius 2 is 1.91 bits per heavy atom. The Morgan fingerprint density at radius 3 is 2.63 bits per heavy atom. The lowest BCUT2D eigenvalue weighted by molar-refractivity contribution is -0.137. The Labute approximate surface area is 195 Å². The molecular formula is C23H18F4N6O2. The van der Waals surface area contributed by atoms with Gasteiger partial charge in [0.15, 0.2) is 5.82 Å². The molecule has 1 amide bonds. The van der Waals surface area contributed by atoms with Crippen LogP contribution >= 0.6 is 0 Å². The molecule has 0 aliphatic carbocycles. The van der Waals surface area contributed by atoms with Crippen LogP contribution in [0.2, 0.25) is 0 Å². The van der Waals surface area contributed by atoms with Crippen molar-refractivity contribution in [2.75, 3.05) is 36.5 Å². The molecule has 2 aromatic heterocycles. The van der Waals surface area contributed by atoms with Crippen molar-refractivity contribution in [2.45, 2.75) is 6.18 Å². The number of ether oxygens (including phenoxy) is 1. The van der Waals surface area contributed by atoms with Gasteiger partial charge >= 0.3 is 6.18 Å². The van der Waals surface area contributed by atoms with Crippen molar-refractivity contribution in [3.8, 4) is 11.4 Å². The van der Waals surface area contributed by atoms with Crippen LogP contribution in [0.4, 0.5) is 29.1 Å². The number of carbonyl (C=O) groups excluding carboxylic acids is 1. The lowest BCUT2D eigenvalue weighted by Crippen LogP contribution is -2.36. The molecule has 12 heteroatoms. The number of aromatic nitrogens is 4. The highest BCUT2D eigenvalue weighted by Crippen LogP contribution is 2.38. The molecule has 2 aromatic carbocycles. The summed E-state index contributed by atoms with van der Waals surface area (Å²) in [6.45, 7) is 2.15. The van der Waals surface area contributed by atoms with Gasteiger partial charge in [-0.1, -0.05) is 0 Å². The number of aromatic amines is 1. The number of nitrogens with zero attached hydrogens (tertiary/aromatic N) is 4. The van der Waals surface area contributed by atoms with E-state index in [1.165, 1.54) is 6.20 Å². The summed E-state index contributed by atoms with van der Waals surface area (Å²) in [6.07, 6.45) is -3.35. The summed E-state index contributed by atoms with van der Waals surface area (Å²) in [4.78, 5) is 22.4. The third kappa shape index (κ3) is 4.64. The van der Waals surface area contributed by atoms with Gasteiger partial charge in [0, 0.05) is 30.5 Å². The van der Waals surface area contributed by atoms with Gasteiger partial charge in [0.1, 0.15) is 17.2 Å². The van der Waals surface area contributed by atoms with Crippen molar-refractivity contribution in [1.82, 2.24) is 20.2 Å². The zero-order valence-electron chi connectivity index (χ0n) is 18.1. The largest absolute Gasteiger partial charge is 0.417 e. The van der Waals surface area contributed by atoms with E-state index in [9.17, 15) is 22.4 Å². The summed E-state index contributed by atoms with van der Waals surface area (Å²) in [5, 5.41) is 10.2. The standard InChI is InChI=1S/C23H18F4N6O2/c24-13-3-4-15(17(10-13)23(25,26)27)21-29-18-12-14(33-6-8-35-9-7-33)11-16(20(18)31-21)22(34)30-19-2-1-5-28-32-19/h1-5,10-12H,6-9H2,(H,29,31)(H,30,32,34). The maximum absolute atomic E-state index is 13.6. The van der Waals surface area contributed by atoms with Crippen LogP contribution in [0.15, 0.2) is 48.7 Å². The van der Waals surface area contributed by atoms with Crippen molar-refractivity contribution in [3.63, 3.8) is 0 Å². The molecular weight excluding hydrogens is 468 g/mol. The summed E-state index contributed by atoms with van der Waals surface area (Å²) >= 11 is 0. The molecule has 1 aliphatic heterocycles. The number of halogens is 4. The van der Waals surface area contributed by atoms with Crippen molar-refractivity contribution in [1.29, 1.82) is 0 Å².